The lowest BCUT2D eigenvalue weighted by Crippen LogP contribution is -2.42. The van der Waals surface area contributed by atoms with Crippen LogP contribution in [0.3, 0.4) is 0 Å². The number of likely N-dealkylation sites (N-methyl/N-ethyl adjacent to an activating group) is 1. The number of hydrogen-bond donors (Lipinski definition) is 1. The Morgan fingerprint density at radius 2 is 1.78 bits per heavy atom. The number of ether oxygens (including phenoxy) is 2. The van der Waals surface area contributed by atoms with Crippen LogP contribution in [0.5, 0.6) is 11.5 Å². The molecular weight excluding hydrogens is 344 g/mol. The first-order chi connectivity index (χ1) is 13.1. The van der Waals surface area contributed by atoms with Crippen molar-refractivity contribution in [1.82, 2.24) is 10.2 Å². The molecule has 1 heterocycles. The number of benzene rings is 2. The molecule has 1 N–H and O–H groups in total. The normalized spacial score (nSPS) is 15.1. The van der Waals surface area contributed by atoms with E-state index in [2.05, 4.69) is 5.32 Å². The van der Waals surface area contributed by atoms with Gasteiger partial charge >= 0.3 is 0 Å². The second kappa shape index (κ2) is 9.07. The Balaban J connectivity index is 1.37. The molecule has 27 heavy (non-hydrogen) atoms. The maximum atomic E-state index is 12.3. The number of nitrogens with zero attached hydrogens (tertiary/aromatic N) is 1. The van der Waals surface area contributed by atoms with Gasteiger partial charge in [-0.05, 0) is 17.7 Å². The molecule has 1 aliphatic heterocycles. The SMILES string of the molecule is CN(CC1COc2ccccc2O1)C(=O)CCNC(=O)Cc1ccccc1. The lowest BCUT2D eigenvalue weighted by Gasteiger charge is -2.29. The number of amides is 2. The summed E-state index contributed by atoms with van der Waals surface area (Å²) in [4.78, 5) is 25.8. The summed E-state index contributed by atoms with van der Waals surface area (Å²) in [6.07, 6.45) is 0.361. The molecule has 1 atom stereocenters. The van der Waals surface area contributed by atoms with E-state index in [4.69, 9.17) is 9.47 Å². The van der Waals surface area contributed by atoms with E-state index in [1.165, 1.54) is 0 Å². The minimum atomic E-state index is -0.207. The van der Waals surface area contributed by atoms with E-state index < -0.39 is 0 Å². The number of rotatable bonds is 7. The quantitative estimate of drug-likeness (QED) is 0.812. The van der Waals surface area contributed by atoms with Crippen LogP contribution in [0.4, 0.5) is 0 Å². The molecule has 0 saturated heterocycles. The molecule has 142 valence electrons. The van der Waals surface area contributed by atoms with Gasteiger partial charge in [0.2, 0.25) is 11.8 Å². The topological polar surface area (TPSA) is 67.9 Å². The summed E-state index contributed by atoms with van der Waals surface area (Å²) in [7, 11) is 1.73. The molecule has 6 nitrogen and oxygen atoms in total. The Bertz CT molecular complexity index is 779. The zero-order chi connectivity index (χ0) is 19.1. The van der Waals surface area contributed by atoms with Crippen molar-refractivity contribution >= 4 is 11.8 Å². The molecular formula is C21H24N2O4. The van der Waals surface area contributed by atoms with Gasteiger partial charge in [-0.3, -0.25) is 9.59 Å². The second-order valence-electron chi connectivity index (χ2n) is 6.53. The third-order valence-corrected chi connectivity index (χ3v) is 4.34. The van der Waals surface area contributed by atoms with Crippen molar-refractivity contribution in [1.29, 1.82) is 0 Å². The zero-order valence-corrected chi connectivity index (χ0v) is 15.4. The fraction of sp³-hybridized carbons (Fsp3) is 0.333. The number of carbonyl (C=O) groups excluding carboxylic acids is 2. The third kappa shape index (κ3) is 5.48. The van der Waals surface area contributed by atoms with Crippen LogP contribution in [0, 0.1) is 0 Å². The van der Waals surface area contributed by atoms with E-state index in [1.54, 1.807) is 11.9 Å². The van der Waals surface area contributed by atoms with Crippen molar-refractivity contribution < 1.29 is 19.1 Å². The highest BCUT2D eigenvalue weighted by molar-refractivity contribution is 5.80. The highest BCUT2D eigenvalue weighted by Gasteiger charge is 2.23. The number of fused-ring (bicyclic) bond motifs is 1. The van der Waals surface area contributed by atoms with Gasteiger partial charge in [-0.15, -0.1) is 0 Å². The fourth-order valence-electron chi connectivity index (χ4n) is 2.90. The van der Waals surface area contributed by atoms with Gasteiger partial charge in [0.25, 0.3) is 0 Å². The van der Waals surface area contributed by atoms with Crippen LogP contribution in [0.2, 0.25) is 0 Å². The van der Waals surface area contributed by atoms with Crippen LogP contribution in [-0.4, -0.2) is 49.6 Å². The largest absolute Gasteiger partial charge is 0.486 e. The molecule has 0 fully saturated rings. The Morgan fingerprint density at radius 3 is 2.56 bits per heavy atom. The predicted molar refractivity (Wildman–Crippen MR) is 102 cm³/mol. The smallest absolute Gasteiger partial charge is 0.224 e. The summed E-state index contributed by atoms with van der Waals surface area (Å²) >= 11 is 0. The molecule has 0 aromatic heterocycles. The van der Waals surface area contributed by atoms with Gasteiger partial charge < -0.3 is 19.7 Å². The van der Waals surface area contributed by atoms with Crippen molar-refractivity contribution in [2.75, 3.05) is 26.7 Å². The molecule has 3 rings (SSSR count). The monoisotopic (exact) mass is 368 g/mol. The van der Waals surface area contributed by atoms with Crippen molar-refractivity contribution in [2.45, 2.75) is 18.9 Å². The molecule has 0 spiro atoms. The summed E-state index contributed by atoms with van der Waals surface area (Å²) in [5.41, 5.74) is 0.952. The first-order valence-corrected chi connectivity index (χ1v) is 9.05. The van der Waals surface area contributed by atoms with Crippen molar-refractivity contribution in [3.8, 4) is 11.5 Å². The molecule has 2 aromatic rings. The molecule has 2 aromatic carbocycles. The van der Waals surface area contributed by atoms with Gasteiger partial charge in [-0.25, -0.2) is 0 Å². The van der Waals surface area contributed by atoms with Gasteiger partial charge in [0.1, 0.15) is 6.61 Å². The standard InChI is InChI=1S/C21H24N2O4/c1-23(14-17-15-26-18-9-5-6-10-19(18)27-17)21(25)11-12-22-20(24)13-16-7-3-2-4-8-16/h2-10,17H,11-15H2,1H3,(H,22,24). The maximum absolute atomic E-state index is 12.3. The summed E-state index contributed by atoms with van der Waals surface area (Å²) in [6.45, 7) is 1.16. The summed E-state index contributed by atoms with van der Waals surface area (Å²) in [6, 6.07) is 17.0. The average Bonchev–Trinajstić information content (AvgIpc) is 2.68. The molecule has 0 bridgehead atoms. The third-order valence-electron chi connectivity index (χ3n) is 4.34. The second-order valence-corrected chi connectivity index (χ2v) is 6.53. The van der Waals surface area contributed by atoms with Crippen LogP contribution in [0.15, 0.2) is 54.6 Å². The van der Waals surface area contributed by atoms with Crippen LogP contribution < -0.4 is 14.8 Å². The first-order valence-electron chi connectivity index (χ1n) is 9.05. The minimum Gasteiger partial charge on any atom is -0.486 e. The fourth-order valence-corrected chi connectivity index (χ4v) is 2.90. The number of nitrogens with one attached hydrogen (secondary N) is 1. The predicted octanol–water partition coefficient (Wildman–Crippen LogP) is 2.03. The summed E-state index contributed by atoms with van der Waals surface area (Å²) < 4.78 is 11.5. The van der Waals surface area contributed by atoms with Gasteiger partial charge in [-0.1, -0.05) is 42.5 Å². The Hall–Kier alpha value is -3.02. The molecule has 1 aliphatic rings. The van der Waals surface area contributed by atoms with E-state index in [1.807, 2.05) is 54.6 Å². The Morgan fingerprint density at radius 1 is 1.07 bits per heavy atom. The molecule has 6 heteroatoms. The molecule has 2 amide bonds. The molecule has 1 unspecified atom stereocenters. The van der Waals surface area contributed by atoms with E-state index in [0.717, 1.165) is 11.3 Å². The molecule has 0 radical (unpaired) electrons. The first kappa shape index (κ1) is 18.8. The van der Waals surface area contributed by atoms with E-state index in [-0.39, 0.29) is 24.3 Å². The number of hydrogen-bond acceptors (Lipinski definition) is 4. The van der Waals surface area contributed by atoms with Crippen LogP contribution in [0.1, 0.15) is 12.0 Å². The lowest BCUT2D eigenvalue weighted by molar-refractivity contribution is -0.131. The lowest BCUT2D eigenvalue weighted by atomic mass is 10.1. The summed E-state index contributed by atoms with van der Waals surface area (Å²) in [5, 5.41) is 2.79. The highest BCUT2D eigenvalue weighted by Crippen LogP contribution is 2.30. The van der Waals surface area contributed by atoms with Crippen molar-refractivity contribution in [2.24, 2.45) is 0 Å². The van der Waals surface area contributed by atoms with E-state index in [9.17, 15) is 9.59 Å². The van der Waals surface area contributed by atoms with Crippen LogP contribution in [-0.2, 0) is 16.0 Å². The maximum Gasteiger partial charge on any atom is 0.224 e. The Kier molecular flexibility index (Phi) is 6.30. The number of para-hydroxylation sites is 2. The van der Waals surface area contributed by atoms with Crippen molar-refractivity contribution in [3.05, 3.63) is 60.2 Å². The van der Waals surface area contributed by atoms with E-state index >= 15 is 0 Å². The van der Waals surface area contributed by atoms with E-state index in [0.29, 0.717) is 31.9 Å². The van der Waals surface area contributed by atoms with Gasteiger partial charge in [-0.2, -0.15) is 0 Å². The average molecular weight is 368 g/mol. The van der Waals surface area contributed by atoms with Gasteiger partial charge in [0.05, 0.1) is 13.0 Å². The molecule has 0 saturated carbocycles. The molecule has 0 aliphatic carbocycles. The van der Waals surface area contributed by atoms with Crippen LogP contribution in [0.25, 0.3) is 0 Å². The van der Waals surface area contributed by atoms with Crippen LogP contribution >= 0.6 is 0 Å². The Labute approximate surface area is 159 Å². The minimum absolute atomic E-state index is 0.0440. The van der Waals surface area contributed by atoms with Gasteiger partial charge in [0.15, 0.2) is 17.6 Å². The number of carbonyl (C=O) groups is 2. The van der Waals surface area contributed by atoms with Gasteiger partial charge in [0, 0.05) is 20.0 Å². The zero-order valence-electron chi connectivity index (χ0n) is 15.4. The summed E-state index contributed by atoms with van der Waals surface area (Å²) in [5.74, 6) is 1.29. The van der Waals surface area contributed by atoms with Crippen molar-refractivity contribution in [3.63, 3.8) is 0 Å². The highest BCUT2D eigenvalue weighted by atomic mass is 16.6.